The van der Waals surface area contributed by atoms with Crippen molar-refractivity contribution in [1.82, 2.24) is 5.32 Å². The summed E-state index contributed by atoms with van der Waals surface area (Å²) in [5, 5.41) is 13.3. The van der Waals surface area contributed by atoms with Crippen LogP contribution in [0.15, 0.2) is 42.5 Å². The molecule has 2 N–H and O–H groups in total. The zero-order chi connectivity index (χ0) is 20.3. The number of benzene rings is 1. The van der Waals surface area contributed by atoms with Gasteiger partial charge in [-0.25, -0.2) is 4.79 Å². The third-order valence-electron chi connectivity index (χ3n) is 3.73. The molecule has 0 heterocycles. The molecule has 1 amide bonds. The summed E-state index contributed by atoms with van der Waals surface area (Å²) in [6, 6.07) is 9.09. The first kappa shape index (κ1) is 22.7. The average Bonchev–Trinajstić information content (AvgIpc) is 2.59. The molecule has 0 fully saturated rings. The fourth-order valence-corrected chi connectivity index (χ4v) is 2.42. The highest BCUT2D eigenvalue weighted by Crippen LogP contribution is 2.11. The predicted molar refractivity (Wildman–Crippen MR) is 104 cm³/mol. The average molecular weight is 377 g/mol. The summed E-state index contributed by atoms with van der Waals surface area (Å²) in [4.78, 5) is 23.2. The fourth-order valence-electron chi connectivity index (χ4n) is 2.42. The van der Waals surface area contributed by atoms with Crippen molar-refractivity contribution in [1.29, 1.82) is 0 Å². The van der Waals surface area contributed by atoms with E-state index in [1.807, 2.05) is 36.4 Å². The van der Waals surface area contributed by atoms with Gasteiger partial charge >= 0.3 is 12.1 Å². The Morgan fingerprint density at radius 3 is 2.48 bits per heavy atom. The Labute approximate surface area is 161 Å². The van der Waals surface area contributed by atoms with Crippen molar-refractivity contribution in [3.63, 3.8) is 0 Å². The summed E-state index contributed by atoms with van der Waals surface area (Å²) < 4.78 is 9.89. The van der Waals surface area contributed by atoms with Gasteiger partial charge in [0.1, 0.15) is 5.60 Å². The summed E-state index contributed by atoms with van der Waals surface area (Å²) >= 11 is 0. The molecule has 1 aromatic rings. The molecular formula is C21H31NO5. The van der Waals surface area contributed by atoms with Gasteiger partial charge in [-0.3, -0.25) is 4.79 Å². The first-order chi connectivity index (χ1) is 12.7. The lowest BCUT2D eigenvalue weighted by Gasteiger charge is -2.25. The minimum Gasteiger partial charge on any atom is -0.469 e. The van der Waals surface area contributed by atoms with Gasteiger partial charge in [0.2, 0.25) is 0 Å². The first-order valence-electron chi connectivity index (χ1n) is 9.16. The van der Waals surface area contributed by atoms with Crippen molar-refractivity contribution in [3.8, 4) is 0 Å². The fraction of sp³-hybridized carbons (Fsp3) is 0.524. The standard InChI is InChI=1S/C21H31NO5/c1-21(2,3)27-20(25)22-17(15-16-11-7-5-8-12-16)18(23)13-9-6-10-14-19(24)26-4/h5,7-9,11-13,17-18,23H,6,10,14-15H2,1-4H3,(H,22,25)/t17-,18+/m0/s1. The van der Waals surface area contributed by atoms with Crippen molar-refractivity contribution in [2.24, 2.45) is 0 Å². The summed E-state index contributed by atoms with van der Waals surface area (Å²) in [5.41, 5.74) is 0.382. The van der Waals surface area contributed by atoms with E-state index in [1.54, 1.807) is 26.8 Å². The molecule has 6 heteroatoms. The number of amides is 1. The van der Waals surface area contributed by atoms with Gasteiger partial charge < -0.3 is 19.9 Å². The summed E-state index contributed by atoms with van der Waals surface area (Å²) in [6.45, 7) is 5.36. The zero-order valence-corrected chi connectivity index (χ0v) is 16.6. The number of rotatable bonds is 9. The lowest BCUT2D eigenvalue weighted by atomic mass is 10.0. The minimum atomic E-state index is -0.879. The van der Waals surface area contributed by atoms with E-state index in [0.717, 1.165) is 5.56 Å². The van der Waals surface area contributed by atoms with Crippen LogP contribution in [0.3, 0.4) is 0 Å². The molecule has 0 aliphatic heterocycles. The highest BCUT2D eigenvalue weighted by molar-refractivity contribution is 5.69. The molecule has 0 unspecified atom stereocenters. The second-order valence-electron chi connectivity index (χ2n) is 7.33. The minimum absolute atomic E-state index is 0.252. The van der Waals surface area contributed by atoms with Crippen LogP contribution in [-0.4, -0.2) is 42.0 Å². The van der Waals surface area contributed by atoms with E-state index in [2.05, 4.69) is 10.1 Å². The lowest BCUT2D eigenvalue weighted by Crippen LogP contribution is -2.46. The van der Waals surface area contributed by atoms with Crippen molar-refractivity contribution < 1.29 is 24.2 Å². The number of carbonyl (C=O) groups excluding carboxylic acids is 2. The number of allylic oxidation sites excluding steroid dienone is 1. The van der Waals surface area contributed by atoms with Gasteiger partial charge in [-0.15, -0.1) is 0 Å². The predicted octanol–water partition coefficient (Wildman–Crippen LogP) is 3.38. The molecule has 27 heavy (non-hydrogen) atoms. The lowest BCUT2D eigenvalue weighted by molar-refractivity contribution is -0.140. The smallest absolute Gasteiger partial charge is 0.407 e. The number of unbranched alkanes of at least 4 members (excludes halogenated alkanes) is 1. The number of methoxy groups -OCH3 is 1. The maximum atomic E-state index is 12.1. The Bertz CT molecular complexity index is 607. The second kappa shape index (κ2) is 11.4. The van der Waals surface area contributed by atoms with Gasteiger partial charge in [0.25, 0.3) is 0 Å². The maximum Gasteiger partial charge on any atom is 0.407 e. The molecule has 0 bridgehead atoms. The van der Waals surface area contributed by atoms with Crippen molar-refractivity contribution in [2.45, 2.75) is 64.2 Å². The highest BCUT2D eigenvalue weighted by atomic mass is 16.6. The number of esters is 1. The van der Waals surface area contributed by atoms with E-state index in [9.17, 15) is 14.7 Å². The molecule has 150 valence electrons. The van der Waals surface area contributed by atoms with E-state index in [4.69, 9.17) is 4.74 Å². The van der Waals surface area contributed by atoms with E-state index >= 15 is 0 Å². The number of hydrogen-bond donors (Lipinski definition) is 2. The molecule has 0 aliphatic carbocycles. The third-order valence-corrected chi connectivity index (χ3v) is 3.73. The summed E-state index contributed by atoms with van der Waals surface area (Å²) in [7, 11) is 1.36. The van der Waals surface area contributed by atoms with E-state index in [0.29, 0.717) is 25.7 Å². The van der Waals surface area contributed by atoms with Gasteiger partial charge in [0.15, 0.2) is 0 Å². The first-order valence-corrected chi connectivity index (χ1v) is 9.16. The number of alkyl carbamates (subject to hydrolysis) is 1. The quantitative estimate of drug-likeness (QED) is 0.391. The second-order valence-corrected chi connectivity index (χ2v) is 7.33. The molecule has 0 saturated heterocycles. The van der Waals surface area contributed by atoms with Crippen LogP contribution in [0.2, 0.25) is 0 Å². The number of aliphatic hydroxyl groups is 1. The third kappa shape index (κ3) is 10.4. The molecule has 2 atom stereocenters. The van der Waals surface area contributed by atoms with Crippen LogP contribution in [0.25, 0.3) is 0 Å². The number of hydrogen-bond acceptors (Lipinski definition) is 5. The van der Waals surface area contributed by atoms with Crippen LogP contribution >= 0.6 is 0 Å². The Morgan fingerprint density at radius 1 is 1.22 bits per heavy atom. The Kier molecular flexibility index (Phi) is 9.58. The van der Waals surface area contributed by atoms with E-state index in [-0.39, 0.29) is 5.97 Å². The normalized spacial score (nSPS) is 13.8. The van der Waals surface area contributed by atoms with Crippen molar-refractivity contribution in [3.05, 3.63) is 48.0 Å². The van der Waals surface area contributed by atoms with Crippen LogP contribution in [0.4, 0.5) is 4.79 Å². The zero-order valence-electron chi connectivity index (χ0n) is 16.6. The number of ether oxygens (including phenoxy) is 2. The van der Waals surface area contributed by atoms with Crippen LogP contribution < -0.4 is 5.32 Å². The molecule has 0 radical (unpaired) electrons. The van der Waals surface area contributed by atoms with Crippen LogP contribution in [-0.2, 0) is 20.7 Å². The number of aliphatic hydroxyl groups excluding tert-OH is 1. The van der Waals surface area contributed by atoms with Gasteiger partial charge in [0, 0.05) is 6.42 Å². The van der Waals surface area contributed by atoms with Crippen LogP contribution in [0.5, 0.6) is 0 Å². The van der Waals surface area contributed by atoms with Gasteiger partial charge in [0.05, 0.1) is 19.3 Å². The van der Waals surface area contributed by atoms with Gasteiger partial charge in [-0.2, -0.15) is 0 Å². The monoisotopic (exact) mass is 377 g/mol. The summed E-state index contributed by atoms with van der Waals surface area (Å²) in [6.07, 6.45) is 4.08. The van der Waals surface area contributed by atoms with E-state index < -0.39 is 23.8 Å². The Hall–Kier alpha value is -2.34. The molecule has 0 spiro atoms. The Morgan fingerprint density at radius 2 is 1.89 bits per heavy atom. The molecule has 0 aliphatic rings. The Balaban J connectivity index is 2.68. The van der Waals surface area contributed by atoms with Gasteiger partial charge in [-0.05, 0) is 45.6 Å². The van der Waals surface area contributed by atoms with E-state index in [1.165, 1.54) is 7.11 Å². The molecule has 1 aromatic carbocycles. The number of carbonyl (C=O) groups is 2. The topological polar surface area (TPSA) is 84.9 Å². The molecule has 1 rings (SSSR count). The molecule has 0 saturated carbocycles. The molecule has 0 aromatic heterocycles. The van der Waals surface area contributed by atoms with Gasteiger partial charge in [-0.1, -0.05) is 42.5 Å². The van der Waals surface area contributed by atoms with Crippen molar-refractivity contribution >= 4 is 12.1 Å². The number of nitrogens with one attached hydrogen (secondary N) is 1. The molecule has 6 nitrogen and oxygen atoms in total. The SMILES string of the molecule is COC(=O)CCCC=C[C@@H](O)[C@H](Cc1ccccc1)NC(=O)OC(C)(C)C. The highest BCUT2D eigenvalue weighted by Gasteiger charge is 2.23. The van der Waals surface area contributed by atoms with Crippen molar-refractivity contribution in [2.75, 3.05) is 7.11 Å². The largest absolute Gasteiger partial charge is 0.469 e. The maximum absolute atomic E-state index is 12.1. The summed E-state index contributed by atoms with van der Waals surface area (Å²) in [5.74, 6) is -0.252. The van der Waals surface area contributed by atoms with Crippen LogP contribution in [0, 0.1) is 0 Å². The van der Waals surface area contributed by atoms with Crippen LogP contribution in [0.1, 0.15) is 45.6 Å². The molecular weight excluding hydrogens is 346 g/mol.